The van der Waals surface area contributed by atoms with Crippen molar-refractivity contribution in [1.82, 2.24) is 0 Å². The van der Waals surface area contributed by atoms with Crippen LogP contribution in [0.3, 0.4) is 0 Å². The van der Waals surface area contributed by atoms with Gasteiger partial charge in [-0.15, -0.1) is 0 Å². The Labute approximate surface area is 107 Å². The molecule has 0 spiro atoms. The zero-order chi connectivity index (χ0) is 13.0. The first-order valence-corrected chi connectivity index (χ1v) is 6.63. The van der Waals surface area contributed by atoms with Crippen LogP contribution in [0.15, 0.2) is 22.8 Å². The molecule has 1 heterocycles. The predicted octanol–water partition coefficient (Wildman–Crippen LogP) is 2.42. The van der Waals surface area contributed by atoms with E-state index in [9.17, 15) is 9.59 Å². The second kappa shape index (κ2) is 3.81. The maximum Gasteiger partial charge on any atom is 0.309 e. The highest BCUT2D eigenvalue weighted by molar-refractivity contribution is 6.09. The fourth-order valence-corrected chi connectivity index (χ4v) is 3.69. The van der Waals surface area contributed by atoms with Crippen LogP contribution in [0.5, 0.6) is 0 Å². The summed E-state index contributed by atoms with van der Waals surface area (Å²) < 4.78 is 5.57. The van der Waals surface area contributed by atoms with Gasteiger partial charge in [-0.1, -0.05) is 18.1 Å². The Hall–Kier alpha value is -1.38. The van der Waals surface area contributed by atoms with Gasteiger partial charge in [0, 0.05) is 17.4 Å². The highest BCUT2D eigenvalue weighted by Gasteiger charge is 2.50. The molecule has 96 valence electrons. The van der Waals surface area contributed by atoms with Crippen LogP contribution in [0.2, 0.25) is 0 Å². The van der Waals surface area contributed by atoms with Gasteiger partial charge in [0.1, 0.15) is 6.10 Å². The van der Waals surface area contributed by atoms with E-state index in [0.29, 0.717) is 0 Å². The molecular formula is C15H18O3. The van der Waals surface area contributed by atoms with Gasteiger partial charge in [-0.05, 0) is 32.8 Å². The van der Waals surface area contributed by atoms with Crippen molar-refractivity contribution in [3.05, 3.63) is 22.8 Å². The summed E-state index contributed by atoms with van der Waals surface area (Å²) >= 11 is 0. The summed E-state index contributed by atoms with van der Waals surface area (Å²) in [5.41, 5.74) is 3.12. The monoisotopic (exact) mass is 246 g/mol. The second-order valence-corrected chi connectivity index (χ2v) is 5.82. The van der Waals surface area contributed by atoms with Gasteiger partial charge in [-0.3, -0.25) is 9.59 Å². The number of esters is 1. The number of ether oxygens (including phenoxy) is 1. The molecule has 3 rings (SSSR count). The molecular weight excluding hydrogens is 228 g/mol. The van der Waals surface area contributed by atoms with Gasteiger partial charge < -0.3 is 4.74 Å². The van der Waals surface area contributed by atoms with Crippen molar-refractivity contribution in [2.45, 2.75) is 39.7 Å². The van der Waals surface area contributed by atoms with E-state index in [-0.39, 0.29) is 35.6 Å². The van der Waals surface area contributed by atoms with Crippen LogP contribution >= 0.6 is 0 Å². The van der Waals surface area contributed by atoms with Gasteiger partial charge >= 0.3 is 5.97 Å². The lowest BCUT2D eigenvalue weighted by molar-refractivity contribution is -0.144. The summed E-state index contributed by atoms with van der Waals surface area (Å²) in [6, 6.07) is 0. The van der Waals surface area contributed by atoms with E-state index in [1.807, 2.05) is 20.8 Å². The van der Waals surface area contributed by atoms with Gasteiger partial charge in [-0.25, -0.2) is 0 Å². The zero-order valence-corrected chi connectivity index (χ0v) is 11.0. The van der Waals surface area contributed by atoms with Crippen LogP contribution in [0.25, 0.3) is 0 Å². The van der Waals surface area contributed by atoms with Gasteiger partial charge in [0.25, 0.3) is 0 Å². The Morgan fingerprint density at radius 2 is 2.00 bits per heavy atom. The molecule has 3 heteroatoms. The summed E-state index contributed by atoms with van der Waals surface area (Å²) in [5, 5.41) is 0. The Morgan fingerprint density at radius 1 is 1.28 bits per heavy atom. The van der Waals surface area contributed by atoms with Crippen LogP contribution in [-0.4, -0.2) is 17.9 Å². The Balaban J connectivity index is 2.07. The van der Waals surface area contributed by atoms with E-state index >= 15 is 0 Å². The number of carbonyl (C=O) groups is 2. The van der Waals surface area contributed by atoms with E-state index in [0.717, 1.165) is 24.0 Å². The van der Waals surface area contributed by atoms with E-state index in [2.05, 4.69) is 0 Å². The predicted molar refractivity (Wildman–Crippen MR) is 66.7 cm³/mol. The molecule has 0 radical (unpaired) electrons. The Bertz CT molecular complexity index is 498. The van der Waals surface area contributed by atoms with E-state index < -0.39 is 0 Å². The quantitative estimate of drug-likeness (QED) is 0.616. The van der Waals surface area contributed by atoms with E-state index in [4.69, 9.17) is 4.74 Å². The molecule has 2 aliphatic carbocycles. The summed E-state index contributed by atoms with van der Waals surface area (Å²) in [6.45, 7) is 5.96. The van der Waals surface area contributed by atoms with Crippen molar-refractivity contribution in [2.75, 3.05) is 0 Å². The molecule has 18 heavy (non-hydrogen) atoms. The fraction of sp³-hybridized carbons (Fsp3) is 0.600. The van der Waals surface area contributed by atoms with Crippen molar-refractivity contribution in [2.24, 2.45) is 17.8 Å². The highest BCUT2D eigenvalue weighted by atomic mass is 16.6. The maximum atomic E-state index is 12.1. The lowest BCUT2D eigenvalue weighted by atomic mass is 9.81. The molecule has 0 amide bonds. The molecule has 1 saturated heterocycles. The molecule has 1 unspecified atom stereocenters. The normalized spacial score (nSPS) is 39.2. The van der Waals surface area contributed by atoms with Gasteiger partial charge in [0.05, 0.1) is 5.92 Å². The van der Waals surface area contributed by atoms with Gasteiger partial charge in [0.15, 0.2) is 5.78 Å². The standard InChI is InChI=1S/C15H18O3/c1-7-4-5-10-9(3)15(17)18-14(10)13-8(2)6-11(16)12(7)13/h6,9-10,13-14H,4-5H2,1-3H3/t9-,10?,13+,14+/m1/s1. The molecule has 0 N–H and O–H groups in total. The number of hydrogen-bond acceptors (Lipinski definition) is 3. The number of carbonyl (C=O) groups excluding carboxylic acids is 2. The number of hydrogen-bond donors (Lipinski definition) is 0. The van der Waals surface area contributed by atoms with Crippen LogP contribution in [-0.2, 0) is 14.3 Å². The topological polar surface area (TPSA) is 43.4 Å². The molecule has 0 saturated carbocycles. The number of rotatable bonds is 0. The molecule has 0 bridgehead atoms. The first-order valence-electron chi connectivity index (χ1n) is 6.63. The molecule has 4 atom stereocenters. The average Bonchev–Trinajstić information content (AvgIpc) is 2.68. The van der Waals surface area contributed by atoms with E-state index in [1.165, 1.54) is 5.57 Å². The molecule has 0 aromatic heterocycles. The average molecular weight is 246 g/mol. The van der Waals surface area contributed by atoms with Crippen molar-refractivity contribution >= 4 is 11.8 Å². The Morgan fingerprint density at radius 3 is 2.72 bits per heavy atom. The molecule has 0 aromatic rings. The van der Waals surface area contributed by atoms with Crippen molar-refractivity contribution in [3.8, 4) is 0 Å². The van der Waals surface area contributed by atoms with Gasteiger partial charge in [-0.2, -0.15) is 0 Å². The van der Waals surface area contributed by atoms with Gasteiger partial charge in [0.2, 0.25) is 0 Å². The number of allylic oxidation sites excluding steroid dienone is 2. The first kappa shape index (κ1) is 11.7. The zero-order valence-electron chi connectivity index (χ0n) is 11.0. The van der Waals surface area contributed by atoms with Crippen LogP contribution in [0.4, 0.5) is 0 Å². The first-order chi connectivity index (χ1) is 8.50. The maximum absolute atomic E-state index is 12.1. The number of ketones is 1. The minimum atomic E-state index is -0.123. The van der Waals surface area contributed by atoms with Crippen molar-refractivity contribution in [1.29, 1.82) is 0 Å². The lowest BCUT2D eigenvalue weighted by Crippen LogP contribution is -2.28. The molecule has 1 fully saturated rings. The minimum Gasteiger partial charge on any atom is -0.461 e. The van der Waals surface area contributed by atoms with Crippen molar-refractivity contribution < 1.29 is 14.3 Å². The molecule has 3 aliphatic rings. The largest absolute Gasteiger partial charge is 0.461 e. The van der Waals surface area contributed by atoms with Crippen LogP contribution in [0.1, 0.15) is 33.6 Å². The fourth-order valence-electron chi connectivity index (χ4n) is 3.69. The Kier molecular flexibility index (Phi) is 2.47. The van der Waals surface area contributed by atoms with Crippen LogP contribution in [0, 0.1) is 17.8 Å². The summed E-state index contributed by atoms with van der Waals surface area (Å²) in [6.07, 6.45) is 3.44. The molecule has 0 aromatic carbocycles. The minimum absolute atomic E-state index is 0.0129. The summed E-state index contributed by atoms with van der Waals surface area (Å²) in [7, 11) is 0. The summed E-state index contributed by atoms with van der Waals surface area (Å²) in [5.74, 6) is 0.246. The number of fused-ring (bicyclic) bond motifs is 3. The third kappa shape index (κ3) is 1.43. The molecule has 1 aliphatic heterocycles. The smallest absolute Gasteiger partial charge is 0.309 e. The third-order valence-corrected chi connectivity index (χ3v) is 4.76. The third-order valence-electron chi connectivity index (χ3n) is 4.76. The lowest BCUT2D eigenvalue weighted by Gasteiger charge is -2.24. The second-order valence-electron chi connectivity index (χ2n) is 5.82. The summed E-state index contributed by atoms with van der Waals surface area (Å²) in [4.78, 5) is 23.8. The molecule has 3 nitrogen and oxygen atoms in total. The van der Waals surface area contributed by atoms with E-state index in [1.54, 1.807) is 6.08 Å². The highest BCUT2D eigenvalue weighted by Crippen LogP contribution is 2.47. The van der Waals surface area contributed by atoms with Crippen molar-refractivity contribution in [3.63, 3.8) is 0 Å². The SMILES string of the molecule is CC1=CC(=O)C2=C(C)CCC3[C@@H](C)C(=O)O[C@@H]3[C@@H]12. The van der Waals surface area contributed by atoms with Crippen LogP contribution < -0.4 is 0 Å².